The van der Waals surface area contributed by atoms with Crippen molar-refractivity contribution >= 4 is 50.2 Å². The molecule has 1 aromatic rings. The van der Waals surface area contributed by atoms with Crippen LogP contribution in [-0.2, 0) is 15.8 Å². The number of hydrogen-bond donors (Lipinski definition) is 0. The molecule has 1 aliphatic rings. The first-order valence-corrected chi connectivity index (χ1v) is 9.06. The molecule has 0 aromatic heterocycles. The molecule has 1 aromatic carbocycles. The first kappa shape index (κ1) is 15.0. The summed E-state index contributed by atoms with van der Waals surface area (Å²) in [5.41, 5.74) is 0.974. The van der Waals surface area contributed by atoms with E-state index in [1.807, 2.05) is 6.07 Å². The first-order chi connectivity index (χ1) is 8.88. The maximum absolute atomic E-state index is 11.5. The van der Waals surface area contributed by atoms with Crippen molar-refractivity contribution in [2.75, 3.05) is 19.3 Å². The summed E-state index contributed by atoms with van der Waals surface area (Å²) in [6.07, 6.45) is 1.19. The standard InChI is InChI=1S/C11H12Cl2N2O2S2/c1-19(16,17)15-5-4-14-11(15)18-7-8-2-3-9(12)10(13)6-8/h2-3,6H,4-5,7H2,1H3. The van der Waals surface area contributed by atoms with E-state index in [0.717, 1.165) is 5.56 Å². The molecule has 4 nitrogen and oxygen atoms in total. The van der Waals surface area contributed by atoms with Crippen molar-refractivity contribution in [1.82, 2.24) is 4.31 Å². The number of hydrogen-bond acceptors (Lipinski definition) is 4. The molecule has 19 heavy (non-hydrogen) atoms. The van der Waals surface area contributed by atoms with Gasteiger partial charge in [0.1, 0.15) is 0 Å². The fraction of sp³-hybridized carbons (Fsp3) is 0.364. The number of sulfonamides is 1. The van der Waals surface area contributed by atoms with Crippen molar-refractivity contribution in [3.05, 3.63) is 33.8 Å². The van der Waals surface area contributed by atoms with Crippen LogP contribution >= 0.6 is 35.0 Å². The van der Waals surface area contributed by atoms with E-state index in [1.165, 1.54) is 22.3 Å². The van der Waals surface area contributed by atoms with Crippen LogP contribution in [0.15, 0.2) is 23.2 Å². The molecule has 8 heteroatoms. The van der Waals surface area contributed by atoms with Gasteiger partial charge in [0.2, 0.25) is 10.0 Å². The number of nitrogens with zero attached hydrogens (tertiary/aromatic N) is 2. The van der Waals surface area contributed by atoms with Gasteiger partial charge in [-0.05, 0) is 17.7 Å². The molecule has 1 heterocycles. The number of aliphatic imine (C=N–C) groups is 1. The molecular weight excluding hydrogens is 327 g/mol. The second kappa shape index (κ2) is 5.91. The lowest BCUT2D eigenvalue weighted by molar-refractivity contribution is 0.547. The minimum absolute atomic E-state index is 0.419. The highest BCUT2D eigenvalue weighted by Crippen LogP contribution is 2.26. The van der Waals surface area contributed by atoms with E-state index in [2.05, 4.69) is 4.99 Å². The molecule has 0 spiro atoms. The highest BCUT2D eigenvalue weighted by molar-refractivity contribution is 8.14. The summed E-state index contributed by atoms with van der Waals surface area (Å²) in [5, 5.41) is 1.54. The maximum Gasteiger partial charge on any atom is 0.233 e. The lowest BCUT2D eigenvalue weighted by atomic mass is 10.2. The summed E-state index contributed by atoms with van der Waals surface area (Å²) in [4.78, 5) is 4.21. The third-order valence-corrected chi connectivity index (χ3v) is 5.61. The lowest BCUT2D eigenvalue weighted by Crippen LogP contribution is -2.31. The maximum atomic E-state index is 11.5. The van der Waals surface area contributed by atoms with Gasteiger partial charge < -0.3 is 0 Å². The Balaban J connectivity index is 2.04. The Bertz CT molecular complexity index is 617. The van der Waals surface area contributed by atoms with E-state index in [0.29, 0.717) is 34.1 Å². The second-order valence-corrected chi connectivity index (χ2v) is 7.70. The number of amidine groups is 1. The van der Waals surface area contributed by atoms with Crippen LogP contribution in [0.2, 0.25) is 10.0 Å². The highest BCUT2D eigenvalue weighted by Gasteiger charge is 2.25. The third-order valence-electron chi connectivity index (χ3n) is 2.52. The van der Waals surface area contributed by atoms with Crippen molar-refractivity contribution < 1.29 is 8.42 Å². The van der Waals surface area contributed by atoms with Gasteiger partial charge >= 0.3 is 0 Å². The van der Waals surface area contributed by atoms with Gasteiger partial charge in [0.15, 0.2) is 5.17 Å². The molecular formula is C11H12Cl2N2O2S2. The summed E-state index contributed by atoms with van der Waals surface area (Å²) in [6.45, 7) is 0.930. The van der Waals surface area contributed by atoms with E-state index in [4.69, 9.17) is 23.2 Å². The first-order valence-electron chi connectivity index (χ1n) is 5.47. The Hall–Kier alpha value is -0.430. The summed E-state index contributed by atoms with van der Waals surface area (Å²) in [6, 6.07) is 5.36. The minimum atomic E-state index is -3.24. The number of thioether (sulfide) groups is 1. The van der Waals surface area contributed by atoms with Crippen LogP contribution in [0, 0.1) is 0 Å². The second-order valence-electron chi connectivity index (χ2n) is 4.04. The predicted octanol–water partition coefficient (Wildman–Crippen LogP) is 2.86. The van der Waals surface area contributed by atoms with Crippen LogP contribution in [0.25, 0.3) is 0 Å². The van der Waals surface area contributed by atoms with Gasteiger partial charge in [0, 0.05) is 5.75 Å². The van der Waals surface area contributed by atoms with Crippen LogP contribution < -0.4 is 0 Å². The monoisotopic (exact) mass is 338 g/mol. The molecule has 0 bridgehead atoms. The Morgan fingerprint density at radius 1 is 1.37 bits per heavy atom. The molecule has 0 saturated heterocycles. The van der Waals surface area contributed by atoms with E-state index >= 15 is 0 Å². The molecule has 0 unspecified atom stereocenters. The molecule has 0 aliphatic carbocycles. The van der Waals surface area contributed by atoms with E-state index in [-0.39, 0.29) is 0 Å². The van der Waals surface area contributed by atoms with Gasteiger partial charge in [-0.15, -0.1) is 0 Å². The van der Waals surface area contributed by atoms with Crippen molar-refractivity contribution in [2.24, 2.45) is 4.99 Å². The van der Waals surface area contributed by atoms with Crippen molar-refractivity contribution in [3.63, 3.8) is 0 Å². The minimum Gasteiger partial charge on any atom is -0.260 e. The van der Waals surface area contributed by atoms with Gasteiger partial charge in [0.25, 0.3) is 0 Å². The molecule has 0 atom stereocenters. The summed E-state index contributed by atoms with van der Waals surface area (Å²) in [7, 11) is -3.24. The average Bonchev–Trinajstić information content (AvgIpc) is 2.79. The Kier molecular flexibility index (Phi) is 4.66. The Morgan fingerprint density at radius 3 is 2.74 bits per heavy atom. The predicted molar refractivity (Wildman–Crippen MR) is 81.6 cm³/mol. The Morgan fingerprint density at radius 2 is 2.11 bits per heavy atom. The van der Waals surface area contributed by atoms with Crippen molar-refractivity contribution in [1.29, 1.82) is 0 Å². The molecule has 0 fully saturated rings. The molecule has 1 aliphatic heterocycles. The van der Waals surface area contributed by atoms with Crippen LogP contribution in [0.3, 0.4) is 0 Å². The van der Waals surface area contributed by atoms with Crippen molar-refractivity contribution in [2.45, 2.75) is 5.75 Å². The molecule has 0 amide bonds. The zero-order valence-electron chi connectivity index (χ0n) is 10.1. The zero-order valence-corrected chi connectivity index (χ0v) is 13.3. The number of rotatable bonds is 3. The smallest absolute Gasteiger partial charge is 0.233 e. The molecule has 104 valence electrons. The van der Waals surface area contributed by atoms with Gasteiger partial charge in [-0.3, -0.25) is 4.99 Å². The summed E-state index contributed by atoms with van der Waals surface area (Å²) >= 11 is 13.2. The fourth-order valence-electron chi connectivity index (χ4n) is 1.61. The average molecular weight is 339 g/mol. The van der Waals surface area contributed by atoms with Gasteiger partial charge in [-0.25, -0.2) is 12.7 Å². The molecule has 0 N–H and O–H groups in total. The van der Waals surface area contributed by atoms with E-state index in [9.17, 15) is 8.42 Å². The van der Waals surface area contributed by atoms with Crippen LogP contribution in [0.4, 0.5) is 0 Å². The molecule has 0 radical (unpaired) electrons. The fourth-order valence-corrected chi connectivity index (χ4v) is 4.15. The highest BCUT2D eigenvalue weighted by atomic mass is 35.5. The molecule has 0 saturated carbocycles. The zero-order chi connectivity index (χ0) is 14.0. The van der Waals surface area contributed by atoms with Gasteiger partial charge in [-0.2, -0.15) is 0 Å². The quantitative estimate of drug-likeness (QED) is 0.851. The number of benzene rings is 1. The SMILES string of the molecule is CS(=O)(=O)N1CCN=C1SCc1ccc(Cl)c(Cl)c1. The third kappa shape index (κ3) is 3.78. The van der Waals surface area contributed by atoms with E-state index in [1.54, 1.807) is 12.1 Å². The summed E-state index contributed by atoms with van der Waals surface area (Å²) in [5.74, 6) is 0.599. The van der Waals surface area contributed by atoms with Gasteiger partial charge in [-0.1, -0.05) is 41.0 Å². The lowest BCUT2D eigenvalue weighted by Gasteiger charge is -2.16. The number of halogens is 2. The summed E-state index contributed by atoms with van der Waals surface area (Å²) < 4.78 is 24.4. The van der Waals surface area contributed by atoms with E-state index < -0.39 is 10.0 Å². The van der Waals surface area contributed by atoms with Crippen LogP contribution in [-0.4, -0.2) is 37.2 Å². The molecule has 2 rings (SSSR count). The van der Waals surface area contributed by atoms with Crippen LogP contribution in [0.5, 0.6) is 0 Å². The topological polar surface area (TPSA) is 49.7 Å². The normalized spacial score (nSPS) is 15.7. The Labute approximate surface area is 126 Å². The van der Waals surface area contributed by atoms with Gasteiger partial charge in [0.05, 0.1) is 29.4 Å². The van der Waals surface area contributed by atoms with Crippen LogP contribution in [0.1, 0.15) is 5.56 Å². The van der Waals surface area contributed by atoms with Crippen molar-refractivity contribution in [3.8, 4) is 0 Å². The largest absolute Gasteiger partial charge is 0.260 e.